The van der Waals surface area contributed by atoms with Crippen molar-refractivity contribution in [1.82, 2.24) is 9.78 Å². The molecule has 4 nitrogen and oxygen atoms in total. The first kappa shape index (κ1) is 13.6. The minimum Gasteiger partial charge on any atom is -0.347 e. The monoisotopic (exact) mass is 292 g/mol. The first-order valence-electron chi connectivity index (χ1n) is 6.57. The van der Waals surface area contributed by atoms with E-state index in [4.69, 9.17) is 21.1 Å². The number of fused-ring (bicyclic) bond motifs is 1. The number of nitrogens with zero attached hydrogens (tertiary/aromatic N) is 2. The Kier molecular flexibility index (Phi) is 3.32. The molecule has 1 saturated heterocycles. The molecule has 1 atom stereocenters. The lowest BCUT2D eigenvalue weighted by Gasteiger charge is -2.15. The van der Waals surface area contributed by atoms with Crippen LogP contribution in [0, 0.1) is 0 Å². The Bertz CT molecular complexity index is 676. The topological polar surface area (TPSA) is 36.3 Å². The van der Waals surface area contributed by atoms with E-state index >= 15 is 0 Å². The summed E-state index contributed by atoms with van der Waals surface area (Å²) in [6.45, 7) is 4.40. The van der Waals surface area contributed by atoms with E-state index in [2.05, 4.69) is 5.10 Å². The quantitative estimate of drug-likeness (QED) is 0.851. The maximum absolute atomic E-state index is 6.02. The van der Waals surface area contributed by atoms with Crippen molar-refractivity contribution in [3.05, 3.63) is 35.0 Å². The van der Waals surface area contributed by atoms with Crippen LogP contribution >= 0.6 is 11.6 Å². The van der Waals surface area contributed by atoms with Crippen LogP contribution < -0.4 is 0 Å². The van der Waals surface area contributed by atoms with Crippen molar-refractivity contribution in [2.45, 2.75) is 25.7 Å². The third-order valence-electron chi connectivity index (χ3n) is 3.34. The summed E-state index contributed by atoms with van der Waals surface area (Å²) in [5.41, 5.74) is 1.92. The molecule has 0 amide bonds. The lowest BCUT2D eigenvalue weighted by atomic mass is 10.2. The number of benzene rings is 1. The third-order valence-corrected chi connectivity index (χ3v) is 3.58. The summed E-state index contributed by atoms with van der Waals surface area (Å²) in [5.74, 6) is -0.505. The van der Waals surface area contributed by atoms with Crippen LogP contribution in [0.3, 0.4) is 0 Å². The van der Waals surface area contributed by atoms with Crippen molar-refractivity contribution in [3.63, 3.8) is 0 Å². The predicted octanol–water partition coefficient (Wildman–Crippen LogP) is 3.39. The maximum Gasteiger partial charge on any atom is 0.163 e. The Hall–Kier alpha value is -1.36. The number of ether oxygens (including phenoxy) is 2. The summed E-state index contributed by atoms with van der Waals surface area (Å²) in [6, 6.07) is 5.78. The van der Waals surface area contributed by atoms with E-state index in [9.17, 15) is 0 Å². The van der Waals surface area contributed by atoms with Gasteiger partial charge in [-0.05, 0) is 38.1 Å². The van der Waals surface area contributed by atoms with Gasteiger partial charge in [-0.1, -0.05) is 17.7 Å². The summed E-state index contributed by atoms with van der Waals surface area (Å²) >= 11 is 6.02. The highest BCUT2D eigenvalue weighted by Gasteiger charge is 2.31. The SMILES string of the molecule is Cn1nc(/C=C/[C@H]2COC(C)(C)O2)c2ccc(Cl)cc21. The van der Waals surface area contributed by atoms with Crippen LogP contribution in [0.15, 0.2) is 24.3 Å². The molecular formula is C15H17ClN2O2. The lowest BCUT2D eigenvalue weighted by Crippen LogP contribution is -2.20. The van der Waals surface area contributed by atoms with E-state index in [1.54, 1.807) is 0 Å². The Morgan fingerprint density at radius 3 is 2.95 bits per heavy atom. The fraction of sp³-hybridized carbons (Fsp3) is 0.400. The molecule has 1 aliphatic heterocycles. The smallest absolute Gasteiger partial charge is 0.163 e. The van der Waals surface area contributed by atoms with Gasteiger partial charge in [-0.2, -0.15) is 5.10 Å². The van der Waals surface area contributed by atoms with Crippen LogP contribution in [0.2, 0.25) is 5.02 Å². The van der Waals surface area contributed by atoms with Crippen molar-refractivity contribution in [2.75, 3.05) is 6.61 Å². The molecule has 0 aliphatic carbocycles. The van der Waals surface area contributed by atoms with Crippen molar-refractivity contribution >= 4 is 28.6 Å². The van der Waals surface area contributed by atoms with Gasteiger partial charge < -0.3 is 9.47 Å². The average Bonchev–Trinajstić information content (AvgIpc) is 2.88. The molecule has 106 valence electrons. The van der Waals surface area contributed by atoms with Crippen LogP contribution in [-0.2, 0) is 16.5 Å². The molecule has 1 aliphatic rings. The predicted molar refractivity (Wildman–Crippen MR) is 79.7 cm³/mol. The van der Waals surface area contributed by atoms with Crippen LogP contribution in [0.5, 0.6) is 0 Å². The van der Waals surface area contributed by atoms with Crippen molar-refractivity contribution < 1.29 is 9.47 Å². The molecule has 0 N–H and O–H groups in total. The highest BCUT2D eigenvalue weighted by Crippen LogP contribution is 2.25. The highest BCUT2D eigenvalue weighted by molar-refractivity contribution is 6.31. The number of halogens is 1. The first-order chi connectivity index (χ1) is 9.44. The molecule has 2 aromatic rings. The third kappa shape index (κ3) is 2.59. The number of rotatable bonds is 2. The van der Waals surface area contributed by atoms with Gasteiger partial charge in [-0.3, -0.25) is 4.68 Å². The Morgan fingerprint density at radius 1 is 1.45 bits per heavy atom. The molecule has 5 heteroatoms. The summed E-state index contributed by atoms with van der Waals surface area (Å²) in [5, 5.41) is 6.29. The zero-order valence-electron chi connectivity index (χ0n) is 11.8. The van der Waals surface area contributed by atoms with Crippen LogP contribution in [0.4, 0.5) is 0 Å². The zero-order valence-corrected chi connectivity index (χ0v) is 12.5. The standard InChI is InChI=1S/C15H17ClN2O2/c1-15(2)19-9-11(20-15)5-7-13-12-6-4-10(16)8-14(12)18(3)17-13/h4-8,11H,9H2,1-3H3/b7-5+/t11-/m0/s1. The van der Waals surface area contributed by atoms with E-state index in [-0.39, 0.29) is 6.10 Å². The van der Waals surface area contributed by atoms with Gasteiger partial charge in [0, 0.05) is 17.5 Å². The maximum atomic E-state index is 6.02. The van der Waals surface area contributed by atoms with E-state index in [1.165, 1.54) is 0 Å². The first-order valence-corrected chi connectivity index (χ1v) is 6.95. The number of aryl methyl sites for hydroxylation is 1. The molecule has 0 unspecified atom stereocenters. The van der Waals surface area contributed by atoms with Crippen LogP contribution in [0.25, 0.3) is 17.0 Å². The molecule has 1 aromatic carbocycles. The van der Waals surface area contributed by atoms with E-state index in [1.807, 2.05) is 55.9 Å². The Labute approximate surface area is 122 Å². The molecule has 0 bridgehead atoms. The Balaban J connectivity index is 1.88. The summed E-state index contributed by atoms with van der Waals surface area (Å²) in [4.78, 5) is 0. The number of hydrogen-bond acceptors (Lipinski definition) is 3. The second-order valence-electron chi connectivity index (χ2n) is 5.40. The summed E-state index contributed by atoms with van der Waals surface area (Å²) in [6.07, 6.45) is 3.94. The minimum absolute atomic E-state index is 0.0330. The zero-order chi connectivity index (χ0) is 14.3. The highest BCUT2D eigenvalue weighted by atomic mass is 35.5. The van der Waals surface area contributed by atoms with E-state index < -0.39 is 5.79 Å². The normalized spacial score (nSPS) is 22.1. The fourth-order valence-electron chi connectivity index (χ4n) is 2.39. The second-order valence-corrected chi connectivity index (χ2v) is 5.83. The van der Waals surface area contributed by atoms with Gasteiger partial charge in [0.1, 0.15) is 6.10 Å². The summed E-state index contributed by atoms with van der Waals surface area (Å²) < 4.78 is 13.1. The minimum atomic E-state index is -0.505. The van der Waals surface area contributed by atoms with Gasteiger partial charge in [0.2, 0.25) is 0 Å². The van der Waals surface area contributed by atoms with Crippen molar-refractivity contribution in [2.24, 2.45) is 7.05 Å². The van der Waals surface area contributed by atoms with Gasteiger partial charge in [0.05, 0.1) is 17.8 Å². The van der Waals surface area contributed by atoms with Gasteiger partial charge in [-0.25, -0.2) is 0 Å². The van der Waals surface area contributed by atoms with Gasteiger partial charge in [0.25, 0.3) is 0 Å². The number of hydrogen-bond donors (Lipinski definition) is 0. The van der Waals surface area contributed by atoms with Crippen molar-refractivity contribution in [1.29, 1.82) is 0 Å². The molecular weight excluding hydrogens is 276 g/mol. The average molecular weight is 293 g/mol. The lowest BCUT2D eigenvalue weighted by molar-refractivity contribution is -0.133. The molecule has 0 spiro atoms. The molecule has 1 aromatic heterocycles. The van der Waals surface area contributed by atoms with Crippen LogP contribution in [-0.4, -0.2) is 28.3 Å². The molecule has 0 radical (unpaired) electrons. The van der Waals surface area contributed by atoms with Gasteiger partial charge >= 0.3 is 0 Å². The molecule has 3 rings (SSSR count). The summed E-state index contributed by atoms with van der Waals surface area (Å²) in [7, 11) is 1.91. The second kappa shape index (κ2) is 4.88. The fourth-order valence-corrected chi connectivity index (χ4v) is 2.56. The van der Waals surface area contributed by atoms with Gasteiger partial charge in [0.15, 0.2) is 5.79 Å². The molecule has 20 heavy (non-hydrogen) atoms. The molecule has 1 fully saturated rings. The largest absolute Gasteiger partial charge is 0.347 e. The van der Waals surface area contributed by atoms with E-state index in [0.29, 0.717) is 11.6 Å². The van der Waals surface area contributed by atoms with Crippen molar-refractivity contribution in [3.8, 4) is 0 Å². The van der Waals surface area contributed by atoms with E-state index in [0.717, 1.165) is 16.6 Å². The Morgan fingerprint density at radius 2 is 2.25 bits per heavy atom. The molecule has 2 heterocycles. The number of aromatic nitrogens is 2. The van der Waals surface area contributed by atoms with Crippen LogP contribution in [0.1, 0.15) is 19.5 Å². The molecule has 0 saturated carbocycles. The van der Waals surface area contributed by atoms with Gasteiger partial charge in [-0.15, -0.1) is 0 Å².